The van der Waals surface area contributed by atoms with E-state index >= 15 is 0 Å². The van der Waals surface area contributed by atoms with Crippen molar-refractivity contribution in [2.24, 2.45) is 5.41 Å². The van der Waals surface area contributed by atoms with Crippen LogP contribution < -0.4 is 0 Å². The number of cyclic esters (lactones) is 1. The Kier molecular flexibility index (Phi) is 9.07. The van der Waals surface area contributed by atoms with Crippen LogP contribution in [0, 0.1) is 5.41 Å². The quantitative estimate of drug-likeness (QED) is 0.631. The minimum absolute atomic E-state index is 0.0861. The molecule has 2 aliphatic rings. The summed E-state index contributed by atoms with van der Waals surface area (Å²) in [5.41, 5.74) is 0.992. The molecule has 0 unspecified atom stereocenters. The van der Waals surface area contributed by atoms with Crippen molar-refractivity contribution < 1.29 is 24.5 Å². The Hall–Kier alpha value is -2.81. The molecule has 2 aromatic rings. The van der Waals surface area contributed by atoms with E-state index in [-0.39, 0.29) is 24.9 Å². The largest absolute Gasteiger partial charge is 0.462 e. The molecule has 1 aromatic heterocycles. The molecular formula is C28H37N3O5. The molecule has 2 atom stereocenters. The molecule has 2 saturated heterocycles. The minimum Gasteiger partial charge on any atom is -0.462 e. The van der Waals surface area contributed by atoms with Gasteiger partial charge in [0.15, 0.2) is 0 Å². The van der Waals surface area contributed by atoms with E-state index in [1.165, 1.54) is 0 Å². The maximum atomic E-state index is 13.3. The molecule has 194 valence electrons. The van der Waals surface area contributed by atoms with Gasteiger partial charge in [-0.2, -0.15) is 0 Å². The lowest BCUT2D eigenvalue weighted by atomic mass is 9.74. The summed E-state index contributed by atoms with van der Waals surface area (Å²) in [5.74, 6) is -0.375. The van der Waals surface area contributed by atoms with E-state index in [4.69, 9.17) is 4.74 Å². The van der Waals surface area contributed by atoms with Gasteiger partial charge in [-0.3, -0.25) is 19.5 Å². The van der Waals surface area contributed by atoms with E-state index in [1.54, 1.807) is 23.2 Å². The third-order valence-corrected chi connectivity index (χ3v) is 7.52. The standard InChI is InChI=1S/C28H37N3O5/c32-24-11-17-31(26(34)22-8-2-1-3-9-22)16-7-5-12-28(27(35)36-21-25(24)33)13-18-30(19-14-28)20-23-10-4-6-15-29-23/h1-4,6,8-10,15,24-25,32-33H,5,7,11-14,16-21H2/t24-,25+/m0/s1. The molecule has 0 aliphatic carbocycles. The lowest BCUT2D eigenvalue weighted by Gasteiger charge is -2.40. The molecule has 2 fully saturated rings. The van der Waals surface area contributed by atoms with E-state index < -0.39 is 17.6 Å². The third kappa shape index (κ3) is 6.69. The Morgan fingerprint density at radius 1 is 0.944 bits per heavy atom. The van der Waals surface area contributed by atoms with Gasteiger partial charge in [0.25, 0.3) is 5.91 Å². The number of carbonyl (C=O) groups excluding carboxylic acids is 2. The molecular weight excluding hydrogens is 458 g/mol. The Bertz CT molecular complexity index is 979. The van der Waals surface area contributed by atoms with Crippen LogP contribution in [0.4, 0.5) is 0 Å². The predicted octanol–water partition coefficient (Wildman–Crippen LogP) is 2.65. The van der Waals surface area contributed by atoms with Crippen LogP contribution >= 0.6 is 0 Å². The second kappa shape index (κ2) is 12.4. The number of hydrogen-bond acceptors (Lipinski definition) is 7. The van der Waals surface area contributed by atoms with Crippen LogP contribution in [0.15, 0.2) is 54.7 Å². The van der Waals surface area contributed by atoms with Gasteiger partial charge >= 0.3 is 5.97 Å². The molecule has 1 aromatic carbocycles. The summed E-state index contributed by atoms with van der Waals surface area (Å²) < 4.78 is 5.57. The molecule has 2 aliphatic heterocycles. The highest BCUT2D eigenvalue weighted by Gasteiger charge is 2.42. The van der Waals surface area contributed by atoms with Crippen LogP contribution in [0.2, 0.25) is 0 Å². The van der Waals surface area contributed by atoms with Crippen LogP contribution in [0.5, 0.6) is 0 Å². The van der Waals surface area contributed by atoms with Crippen molar-refractivity contribution in [3.63, 3.8) is 0 Å². The van der Waals surface area contributed by atoms with Gasteiger partial charge in [0, 0.05) is 31.4 Å². The first kappa shape index (κ1) is 26.3. The number of esters is 1. The highest BCUT2D eigenvalue weighted by atomic mass is 16.5. The molecule has 0 bridgehead atoms. The zero-order chi connectivity index (χ0) is 25.4. The van der Waals surface area contributed by atoms with Crippen molar-refractivity contribution in [1.29, 1.82) is 0 Å². The van der Waals surface area contributed by atoms with Gasteiger partial charge in [-0.1, -0.05) is 30.7 Å². The topological polar surface area (TPSA) is 103 Å². The van der Waals surface area contributed by atoms with E-state index in [2.05, 4.69) is 9.88 Å². The zero-order valence-corrected chi connectivity index (χ0v) is 20.8. The first-order valence-corrected chi connectivity index (χ1v) is 13.0. The highest BCUT2D eigenvalue weighted by Crippen LogP contribution is 2.38. The zero-order valence-electron chi connectivity index (χ0n) is 20.8. The smallest absolute Gasteiger partial charge is 0.312 e. The Labute approximate surface area is 212 Å². The number of aliphatic hydroxyl groups excluding tert-OH is 2. The number of piperidine rings is 1. The summed E-state index contributed by atoms with van der Waals surface area (Å²) in [6, 6.07) is 15.0. The second-order valence-electron chi connectivity index (χ2n) is 10.0. The molecule has 2 N–H and O–H groups in total. The van der Waals surface area contributed by atoms with Crippen LogP contribution in [0.25, 0.3) is 0 Å². The summed E-state index contributed by atoms with van der Waals surface area (Å²) in [7, 11) is 0. The average Bonchev–Trinajstić information content (AvgIpc) is 2.92. The van der Waals surface area contributed by atoms with Crippen molar-refractivity contribution in [2.45, 2.75) is 57.3 Å². The summed E-state index contributed by atoms with van der Waals surface area (Å²) in [5, 5.41) is 20.9. The maximum absolute atomic E-state index is 13.3. The first-order chi connectivity index (χ1) is 17.5. The monoisotopic (exact) mass is 495 g/mol. The summed E-state index contributed by atoms with van der Waals surface area (Å²) >= 11 is 0. The number of ether oxygens (including phenoxy) is 1. The first-order valence-electron chi connectivity index (χ1n) is 13.0. The third-order valence-electron chi connectivity index (χ3n) is 7.52. The van der Waals surface area contributed by atoms with Gasteiger partial charge in [0.1, 0.15) is 12.7 Å². The fourth-order valence-electron chi connectivity index (χ4n) is 5.17. The van der Waals surface area contributed by atoms with E-state index in [0.717, 1.165) is 38.2 Å². The molecule has 3 heterocycles. The summed E-state index contributed by atoms with van der Waals surface area (Å²) in [6.07, 6.45) is 3.29. The lowest BCUT2D eigenvalue weighted by Crippen LogP contribution is -2.46. The Morgan fingerprint density at radius 3 is 2.42 bits per heavy atom. The van der Waals surface area contributed by atoms with Crippen LogP contribution in [0.1, 0.15) is 54.6 Å². The van der Waals surface area contributed by atoms with Gasteiger partial charge in [0.05, 0.1) is 17.2 Å². The SMILES string of the molecule is O=C(c1ccccc1)N1CCCCC2(CCN(Cc3ccccn3)CC2)C(=O)OC[C@@H](O)[C@@H](O)CC1. The van der Waals surface area contributed by atoms with Crippen LogP contribution in [0.3, 0.4) is 0 Å². The minimum atomic E-state index is -1.19. The van der Waals surface area contributed by atoms with Gasteiger partial charge in [-0.15, -0.1) is 0 Å². The number of pyridine rings is 1. The molecule has 0 radical (unpaired) electrons. The van der Waals surface area contributed by atoms with Crippen molar-refractivity contribution in [3.8, 4) is 0 Å². The molecule has 36 heavy (non-hydrogen) atoms. The van der Waals surface area contributed by atoms with Crippen molar-refractivity contribution >= 4 is 11.9 Å². The van der Waals surface area contributed by atoms with Crippen LogP contribution in [-0.2, 0) is 16.1 Å². The van der Waals surface area contributed by atoms with Crippen molar-refractivity contribution in [2.75, 3.05) is 32.8 Å². The van der Waals surface area contributed by atoms with E-state index in [0.29, 0.717) is 37.9 Å². The van der Waals surface area contributed by atoms with E-state index in [1.807, 2.05) is 36.4 Å². The Morgan fingerprint density at radius 2 is 1.69 bits per heavy atom. The van der Waals surface area contributed by atoms with Crippen LogP contribution in [-0.4, -0.2) is 81.9 Å². The van der Waals surface area contributed by atoms with Gasteiger partial charge in [0.2, 0.25) is 0 Å². The number of carbonyl (C=O) groups is 2. The molecule has 1 amide bonds. The van der Waals surface area contributed by atoms with Gasteiger partial charge in [-0.25, -0.2) is 0 Å². The lowest BCUT2D eigenvalue weighted by molar-refractivity contribution is -0.165. The molecule has 4 rings (SSSR count). The molecule has 1 spiro atoms. The number of rotatable bonds is 3. The number of likely N-dealkylation sites (tertiary alicyclic amines) is 1. The molecule has 0 saturated carbocycles. The Balaban J connectivity index is 1.43. The number of amides is 1. The summed E-state index contributed by atoms with van der Waals surface area (Å²) in [6.45, 7) is 2.88. The highest BCUT2D eigenvalue weighted by molar-refractivity contribution is 5.94. The fourth-order valence-corrected chi connectivity index (χ4v) is 5.17. The number of aliphatic hydroxyl groups is 2. The van der Waals surface area contributed by atoms with Gasteiger partial charge in [-0.05, 0) is 69.5 Å². The number of benzene rings is 1. The average molecular weight is 496 g/mol. The number of aromatic nitrogens is 1. The van der Waals surface area contributed by atoms with Gasteiger partial charge < -0.3 is 19.8 Å². The van der Waals surface area contributed by atoms with Crippen molar-refractivity contribution in [3.05, 3.63) is 66.0 Å². The molecule has 8 nitrogen and oxygen atoms in total. The number of hydrogen-bond donors (Lipinski definition) is 2. The normalized spacial score (nSPS) is 24.3. The number of nitrogens with zero attached hydrogens (tertiary/aromatic N) is 3. The second-order valence-corrected chi connectivity index (χ2v) is 10.0. The van der Waals surface area contributed by atoms with E-state index in [9.17, 15) is 19.8 Å². The fraction of sp³-hybridized carbons (Fsp3) is 0.536. The maximum Gasteiger partial charge on any atom is 0.312 e. The van der Waals surface area contributed by atoms with Crippen molar-refractivity contribution in [1.82, 2.24) is 14.8 Å². The predicted molar refractivity (Wildman–Crippen MR) is 135 cm³/mol. The summed E-state index contributed by atoms with van der Waals surface area (Å²) in [4.78, 5) is 34.8. The molecule has 8 heteroatoms.